The Hall–Kier alpha value is -4.80. The van der Waals surface area contributed by atoms with Crippen LogP contribution < -0.4 is 10.0 Å². The van der Waals surface area contributed by atoms with Gasteiger partial charge in [0.25, 0.3) is 5.92 Å². The summed E-state index contributed by atoms with van der Waals surface area (Å²) in [5.74, 6) is -1.95. The van der Waals surface area contributed by atoms with Crippen LogP contribution in [0.3, 0.4) is 0 Å². The van der Waals surface area contributed by atoms with Crippen molar-refractivity contribution in [1.29, 1.82) is 0 Å². The van der Waals surface area contributed by atoms with Crippen LogP contribution in [0.15, 0.2) is 42.5 Å². The van der Waals surface area contributed by atoms with E-state index in [2.05, 4.69) is 32.1 Å². The van der Waals surface area contributed by atoms with Gasteiger partial charge in [0.2, 0.25) is 5.91 Å². The largest absolute Gasteiger partial charge is 0.435 e. The summed E-state index contributed by atoms with van der Waals surface area (Å²) in [5, 5.41) is 11.5. The van der Waals surface area contributed by atoms with Crippen molar-refractivity contribution in [3.63, 3.8) is 0 Å². The van der Waals surface area contributed by atoms with Crippen LogP contribution in [0, 0.1) is 35.3 Å². The maximum Gasteiger partial charge on any atom is 0.435 e. The minimum absolute atomic E-state index is 0.0112. The molecule has 3 heterocycles. The molecule has 5 aromatic rings. The summed E-state index contributed by atoms with van der Waals surface area (Å²) >= 11 is 6.77. The van der Waals surface area contributed by atoms with E-state index in [-0.39, 0.29) is 45.9 Å². The van der Waals surface area contributed by atoms with Crippen molar-refractivity contribution in [3.8, 4) is 23.0 Å². The molecule has 0 saturated heterocycles. The predicted molar refractivity (Wildman–Crippen MR) is 223 cm³/mol. The number of pyridine rings is 1. The lowest BCUT2D eigenvalue weighted by Gasteiger charge is -2.23. The van der Waals surface area contributed by atoms with Crippen LogP contribution >= 0.6 is 11.6 Å². The van der Waals surface area contributed by atoms with Crippen LogP contribution in [0.1, 0.15) is 91.8 Å². The zero-order chi connectivity index (χ0) is 44.9. The summed E-state index contributed by atoms with van der Waals surface area (Å²) in [5.41, 5.74) is -1.63. The topological polar surface area (TPSA) is 124 Å². The molecule has 4 aliphatic carbocycles. The van der Waals surface area contributed by atoms with Gasteiger partial charge in [0.05, 0.1) is 27.7 Å². The third kappa shape index (κ3) is 8.50. The van der Waals surface area contributed by atoms with Gasteiger partial charge in [-0.1, -0.05) is 23.6 Å². The minimum atomic E-state index is -5.07. The molecule has 0 spiro atoms. The SMILES string of the molecule is Cn1nc(NS(=O)CC2CC2)c2c(Cl)ccc(-c3ccc(C#CC(C)(C)S(=O)C4CC4)nc3C(Cc3cc(F)cc(F)c3)NC(=O)Cn3nc(C(F)(F)F)c4c3C(F)(F)[C@@H]3C[C@H]43)c21. The summed E-state index contributed by atoms with van der Waals surface area (Å²) in [6, 6.07) is 7.84. The second-order valence-corrected chi connectivity index (χ2v) is 21.1. The molecule has 3 fully saturated rings. The highest BCUT2D eigenvalue weighted by Crippen LogP contribution is 2.68. The maximum atomic E-state index is 15.5. The summed E-state index contributed by atoms with van der Waals surface area (Å²) in [7, 11) is -1.14. The molecule has 3 aromatic heterocycles. The molecule has 10 nitrogen and oxygen atoms in total. The summed E-state index contributed by atoms with van der Waals surface area (Å²) < 4.78 is 133. The first-order valence-electron chi connectivity index (χ1n) is 20.3. The summed E-state index contributed by atoms with van der Waals surface area (Å²) in [4.78, 5) is 19.0. The number of hydrogen-bond acceptors (Lipinski definition) is 6. The second kappa shape index (κ2) is 15.7. The Bertz CT molecular complexity index is 2810. The molecule has 2 aromatic carbocycles. The van der Waals surface area contributed by atoms with Crippen LogP contribution in [0.4, 0.5) is 36.6 Å². The fourth-order valence-corrected chi connectivity index (χ4v) is 11.5. The average Bonchev–Trinajstić information content (AvgIpc) is 4.11. The zero-order valence-electron chi connectivity index (χ0n) is 33.9. The molecule has 5 atom stereocenters. The Morgan fingerprint density at radius 1 is 1.02 bits per heavy atom. The number of rotatable bonds is 13. The van der Waals surface area contributed by atoms with Crippen molar-refractivity contribution in [2.75, 3.05) is 10.5 Å². The van der Waals surface area contributed by atoms with Crippen LogP contribution in [-0.2, 0) is 58.7 Å². The molecule has 63 heavy (non-hydrogen) atoms. The molecule has 9 rings (SSSR count). The zero-order valence-corrected chi connectivity index (χ0v) is 36.3. The first-order valence-corrected chi connectivity index (χ1v) is 23.2. The maximum absolute atomic E-state index is 15.5. The number of anilines is 1. The Morgan fingerprint density at radius 3 is 2.38 bits per heavy atom. The molecule has 1 amide bonds. The fourth-order valence-electron chi connectivity index (χ4n) is 8.47. The highest BCUT2D eigenvalue weighted by molar-refractivity contribution is 7.87. The highest BCUT2D eigenvalue weighted by Gasteiger charge is 2.68. The van der Waals surface area contributed by atoms with Gasteiger partial charge in [-0.15, -0.1) is 0 Å². The molecule has 0 bridgehead atoms. The van der Waals surface area contributed by atoms with Crippen molar-refractivity contribution >= 4 is 56.0 Å². The van der Waals surface area contributed by atoms with Gasteiger partial charge in [-0.2, -0.15) is 32.1 Å². The van der Waals surface area contributed by atoms with Gasteiger partial charge in [-0.3, -0.25) is 23.1 Å². The van der Waals surface area contributed by atoms with Gasteiger partial charge in [0.1, 0.15) is 45.3 Å². The van der Waals surface area contributed by atoms with Gasteiger partial charge < -0.3 is 5.32 Å². The Morgan fingerprint density at radius 2 is 1.71 bits per heavy atom. The van der Waals surface area contributed by atoms with Gasteiger partial charge >= 0.3 is 6.18 Å². The molecule has 3 saturated carbocycles. The van der Waals surface area contributed by atoms with Crippen molar-refractivity contribution in [3.05, 3.63) is 93.0 Å². The van der Waals surface area contributed by atoms with Gasteiger partial charge in [-0.05, 0) is 106 Å². The minimum Gasteiger partial charge on any atom is -0.346 e. The third-order valence-electron chi connectivity index (χ3n) is 11.8. The smallest absolute Gasteiger partial charge is 0.346 e. The van der Waals surface area contributed by atoms with E-state index in [9.17, 15) is 35.2 Å². The van der Waals surface area contributed by atoms with E-state index in [0.717, 1.165) is 37.8 Å². The van der Waals surface area contributed by atoms with Gasteiger partial charge in [-0.25, -0.2) is 18.0 Å². The lowest BCUT2D eigenvalue weighted by molar-refractivity contribution is -0.142. The molecule has 0 radical (unpaired) electrons. The number of nitrogens with one attached hydrogen (secondary N) is 2. The number of nitrogens with zero attached hydrogens (tertiary/aromatic N) is 5. The monoisotopic (exact) mass is 933 g/mol. The van der Waals surface area contributed by atoms with Crippen LogP contribution in [-0.4, -0.2) is 54.6 Å². The molecule has 3 unspecified atom stereocenters. The van der Waals surface area contributed by atoms with Crippen LogP contribution in [0.25, 0.3) is 22.0 Å². The highest BCUT2D eigenvalue weighted by atomic mass is 35.5. The van der Waals surface area contributed by atoms with Crippen molar-refractivity contribution in [1.82, 2.24) is 29.9 Å². The summed E-state index contributed by atoms with van der Waals surface area (Å²) in [6.45, 7) is 2.42. The van der Waals surface area contributed by atoms with Crippen molar-refractivity contribution in [2.45, 2.75) is 93.0 Å². The van der Waals surface area contributed by atoms with Crippen molar-refractivity contribution in [2.24, 2.45) is 18.9 Å². The van der Waals surface area contributed by atoms with E-state index < -0.39 is 97.5 Å². The van der Waals surface area contributed by atoms with E-state index in [1.807, 2.05) is 0 Å². The fraction of sp³-hybridized carbons (Fsp3) is 0.442. The van der Waals surface area contributed by atoms with E-state index in [0.29, 0.717) is 44.4 Å². The quantitative estimate of drug-likeness (QED) is 0.0901. The average molecular weight is 934 g/mol. The lowest BCUT2D eigenvalue weighted by Crippen LogP contribution is -2.35. The summed E-state index contributed by atoms with van der Waals surface area (Å²) in [6.07, 6.45) is -1.99. The Kier molecular flexibility index (Phi) is 10.8. The van der Waals surface area contributed by atoms with E-state index in [1.54, 1.807) is 45.2 Å². The Labute approximate surface area is 366 Å². The molecule has 4 aliphatic rings. The standard InChI is InChI=1S/C43H39ClF7N7O3S2/c1-41(2,63(61)26-7-8-26)13-12-25-6-9-27(28-10-11-31(44)35-37(28)57(3)55-40(35)56-62(60)20-21-4-5-21)36(52-25)32(16-22-14-23(45)17-24(46)15-22)53-33(59)19-58-39-34(38(54-58)43(49,50)51)29-18-30(29)42(39,47)48/h6,9-11,14-15,17,21,26,29-30,32H,4-5,7-8,16,18-20H2,1-3H3,(H,53,59)(H,55,56)/t29-,30+,32?,62?,63?/m0/s1. The first-order chi connectivity index (χ1) is 29.7. The molecule has 2 N–H and O–H groups in total. The number of aryl methyl sites for hydroxylation is 1. The number of alkyl halides is 5. The number of carbonyl (C=O) groups is 1. The molecule has 0 aliphatic heterocycles. The third-order valence-corrected chi connectivity index (χ3v) is 15.5. The number of aromatic nitrogens is 5. The number of benzene rings is 2. The van der Waals surface area contributed by atoms with Gasteiger partial charge in [0, 0.05) is 57.5 Å². The molecule has 332 valence electrons. The van der Waals surface area contributed by atoms with Crippen molar-refractivity contribution < 1.29 is 43.9 Å². The first kappa shape index (κ1) is 43.5. The number of fused-ring (bicyclic) bond motifs is 4. The normalized spacial score (nSPS) is 20.4. The number of hydrogen-bond donors (Lipinski definition) is 2. The predicted octanol–water partition coefficient (Wildman–Crippen LogP) is 8.62. The number of carbonyl (C=O) groups excluding carboxylic acids is 1. The number of halogens is 8. The molecular formula is C43H39ClF7N7O3S2. The van der Waals surface area contributed by atoms with E-state index in [1.165, 1.54) is 4.68 Å². The lowest BCUT2D eigenvalue weighted by atomic mass is 9.93. The molecule has 20 heteroatoms. The van der Waals surface area contributed by atoms with Crippen LogP contribution in [0.2, 0.25) is 5.02 Å². The van der Waals surface area contributed by atoms with E-state index in [4.69, 9.17) is 16.6 Å². The van der Waals surface area contributed by atoms with Gasteiger partial charge in [0.15, 0.2) is 11.5 Å². The molecular weight excluding hydrogens is 895 g/mol. The number of amides is 1. The van der Waals surface area contributed by atoms with Crippen LogP contribution in [0.5, 0.6) is 0 Å². The second-order valence-electron chi connectivity index (χ2n) is 17.2. The van der Waals surface area contributed by atoms with E-state index >= 15 is 8.78 Å². The Balaban J connectivity index is 1.17.